The van der Waals surface area contributed by atoms with Crippen molar-refractivity contribution < 1.29 is 4.74 Å². The Bertz CT molecular complexity index is 241. The fourth-order valence-electron chi connectivity index (χ4n) is 3.13. The summed E-state index contributed by atoms with van der Waals surface area (Å²) in [4.78, 5) is 0. The Morgan fingerprint density at radius 2 is 1.76 bits per heavy atom. The van der Waals surface area contributed by atoms with Gasteiger partial charge in [0.25, 0.3) is 0 Å². The quantitative estimate of drug-likeness (QED) is 0.614. The van der Waals surface area contributed by atoms with Crippen molar-refractivity contribution in [2.24, 2.45) is 17.3 Å². The van der Waals surface area contributed by atoms with E-state index in [1.165, 1.54) is 25.7 Å². The SMILES string of the molecule is C=C(C)OC(CC)C1CCC(C(C)(C)C)CC1. The molecule has 1 fully saturated rings. The molecule has 0 radical (unpaired) electrons. The van der Waals surface area contributed by atoms with Crippen LogP contribution < -0.4 is 0 Å². The van der Waals surface area contributed by atoms with Gasteiger partial charge in [0.2, 0.25) is 0 Å². The molecule has 1 saturated carbocycles. The number of hydrogen-bond acceptors (Lipinski definition) is 1. The topological polar surface area (TPSA) is 9.23 Å². The van der Waals surface area contributed by atoms with Gasteiger partial charge in [-0.25, -0.2) is 0 Å². The molecule has 1 atom stereocenters. The lowest BCUT2D eigenvalue weighted by atomic mass is 9.68. The van der Waals surface area contributed by atoms with Crippen molar-refractivity contribution in [3.05, 3.63) is 12.3 Å². The Morgan fingerprint density at radius 1 is 1.24 bits per heavy atom. The highest BCUT2D eigenvalue weighted by molar-refractivity contribution is 4.86. The summed E-state index contributed by atoms with van der Waals surface area (Å²) in [6.45, 7) is 15.2. The second kappa shape index (κ2) is 5.93. The van der Waals surface area contributed by atoms with Crippen molar-refractivity contribution in [2.45, 2.75) is 72.8 Å². The minimum atomic E-state index is 0.397. The molecule has 0 amide bonds. The van der Waals surface area contributed by atoms with Gasteiger partial charge in [-0.3, -0.25) is 0 Å². The van der Waals surface area contributed by atoms with E-state index in [-0.39, 0.29) is 0 Å². The highest BCUT2D eigenvalue weighted by Crippen LogP contribution is 2.41. The van der Waals surface area contributed by atoms with Crippen LogP contribution in [0.1, 0.15) is 66.7 Å². The zero-order chi connectivity index (χ0) is 13.1. The van der Waals surface area contributed by atoms with Gasteiger partial charge in [0.05, 0.1) is 5.76 Å². The van der Waals surface area contributed by atoms with E-state index in [0.29, 0.717) is 11.5 Å². The van der Waals surface area contributed by atoms with Gasteiger partial charge in [-0.05, 0) is 56.3 Å². The molecule has 1 nitrogen and oxygen atoms in total. The highest BCUT2D eigenvalue weighted by atomic mass is 16.5. The molecule has 0 bridgehead atoms. The molecule has 0 aromatic heterocycles. The fraction of sp³-hybridized carbons (Fsp3) is 0.875. The van der Waals surface area contributed by atoms with Crippen LogP contribution in [0, 0.1) is 17.3 Å². The first kappa shape index (κ1) is 14.6. The van der Waals surface area contributed by atoms with E-state index in [9.17, 15) is 0 Å². The van der Waals surface area contributed by atoms with Gasteiger partial charge in [0.1, 0.15) is 6.10 Å². The van der Waals surface area contributed by atoms with Crippen LogP contribution in [-0.2, 0) is 4.74 Å². The third-order valence-corrected chi connectivity index (χ3v) is 4.28. The molecular weight excluding hydrogens is 208 g/mol. The third-order valence-electron chi connectivity index (χ3n) is 4.28. The predicted molar refractivity (Wildman–Crippen MR) is 74.9 cm³/mol. The van der Waals surface area contributed by atoms with Crippen molar-refractivity contribution in [2.75, 3.05) is 0 Å². The van der Waals surface area contributed by atoms with E-state index >= 15 is 0 Å². The molecule has 17 heavy (non-hydrogen) atoms. The largest absolute Gasteiger partial charge is 0.495 e. The monoisotopic (exact) mass is 238 g/mol. The molecule has 1 aliphatic rings. The number of allylic oxidation sites excluding steroid dienone is 1. The average molecular weight is 238 g/mol. The maximum atomic E-state index is 5.87. The minimum Gasteiger partial charge on any atom is -0.495 e. The van der Waals surface area contributed by atoms with Crippen LogP contribution in [0.5, 0.6) is 0 Å². The molecule has 1 rings (SSSR count). The standard InChI is InChI=1S/C16H30O/c1-7-15(17-12(2)3)13-8-10-14(11-9-13)16(4,5)6/h13-15H,2,7-11H2,1,3-6H3. The Morgan fingerprint density at radius 3 is 2.12 bits per heavy atom. The number of hydrogen-bond donors (Lipinski definition) is 0. The summed E-state index contributed by atoms with van der Waals surface area (Å²) in [7, 11) is 0. The molecule has 1 heteroatoms. The lowest BCUT2D eigenvalue weighted by Crippen LogP contribution is -2.31. The minimum absolute atomic E-state index is 0.397. The van der Waals surface area contributed by atoms with Crippen LogP contribution in [0.15, 0.2) is 12.3 Å². The molecule has 0 aromatic rings. The Balaban J connectivity index is 2.47. The van der Waals surface area contributed by atoms with Crippen LogP contribution in [0.4, 0.5) is 0 Å². The highest BCUT2D eigenvalue weighted by Gasteiger charge is 2.32. The smallest absolute Gasteiger partial charge is 0.101 e. The molecule has 100 valence electrons. The number of rotatable bonds is 4. The van der Waals surface area contributed by atoms with Gasteiger partial charge in [0.15, 0.2) is 0 Å². The molecule has 0 saturated heterocycles. The van der Waals surface area contributed by atoms with Crippen molar-refractivity contribution in [1.29, 1.82) is 0 Å². The van der Waals surface area contributed by atoms with Gasteiger partial charge in [-0.15, -0.1) is 0 Å². The summed E-state index contributed by atoms with van der Waals surface area (Å²) >= 11 is 0. The van der Waals surface area contributed by atoms with E-state index < -0.39 is 0 Å². The van der Waals surface area contributed by atoms with Crippen LogP contribution in [0.3, 0.4) is 0 Å². The van der Waals surface area contributed by atoms with Crippen LogP contribution in [0.25, 0.3) is 0 Å². The van der Waals surface area contributed by atoms with Gasteiger partial charge in [-0.1, -0.05) is 34.3 Å². The summed E-state index contributed by atoms with van der Waals surface area (Å²) in [5.74, 6) is 2.51. The van der Waals surface area contributed by atoms with E-state index in [4.69, 9.17) is 4.74 Å². The first-order valence-electron chi connectivity index (χ1n) is 7.16. The van der Waals surface area contributed by atoms with Crippen LogP contribution >= 0.6 is 0 Å². The first-order chi connectivity index (χ1) is 7.84. The summed E-state index contributed by atoms with van der Waals surface area (Å²) in [6, 6.07) is 0. The molecular formula is C16H30O. The molecule has 0 N–H and O–H groups in total. The lowest BCUT2D eigenvalue weighted by molar-refractivity contribution is 0.0258. The van der Waals surface area contributed by atoms with E-state index in [1.54, 1.807) is 0 Å². The Kier molecular flexibility index (Phi) is 5.09. The van der Waals surface area contributed by atoms with E-state index in [0.717, 1.165) is 24.0 Å². The normalized spacial score (nSPS) is 27.6. The average Bonchev–Trinajstić information content (AvgIpc) is 2.24. The predicted octanol–water partition coefficient (Wildman–Crippen LogP) is 5.17. The van der Waals surface area contributed by atoms with E-state index in [2.05, 4.69) is 34.3 Å². The fourth-order valence-corrected chi connectivity index (χ4v) is 3.13. The van der Waals surface area contributed by atoms with Gasteiger partial charge in [0, 0.05) is 0 Å². The molecule has 0 aromatic carbocycles. The molecule has 0 aliphatic heterocycles. The summed E-state index contributed by atoms with van der Waals surface area (Å²) < 4.78 is 5.87. The van der Waals surface area contributed by atoms with Crippen LogP contribution in [0.2, 0.25) is 0 Å². The van der Waals surface area contributed by atoms with Crippen molar-refractivity contribution in [3.63, 3.8) is 0 Å². The van der Waals surface area contributed by atoms with Crippen molar-refractivity contribution in [3.8, 4) is 0 Å². The van der Waals surface area contributed by atoms with Gasteiger partial charge in [-0.2, -0.15) is 0 Å². The Hall–Kier alpha value is -0.460. The maximum absolute atomic E-state index is 5.87. The van der Waals surface area contributed by atoms with Crippen molar-refractivity contribution in [1.82, 2.24) is 0 Å². The second-order valence-electron chi connectivity index (χ2n) is 6.74. The third kappa shape index (κ3) is 4.37. The Labute approximate surface area is 108 Å². The molecule has 0 heterocycles. The zero-order valence-electron chi connectivity index (χ0n) is 12.4. The van der Waals surface area contributed by atoms with E-state index in [1.807, 2.05) is 6.92 Å². The molecule has 1 aliphatic carbocycles. The zero-order valence-corrected chi connectivity index (χ0v) is 12.4. The second-order valence-corrected chi connectivity index (χ2v) is 6.74. The maximum Gasteiger partial charge on any atom is 0.101 e. The van der Waals surface area contributed by atoms with Crippen molar-refractivity contribution >= 4 is 0 Å². The molecule has 1 unspecified atom stereocenters. The van der Waals surface area contributed by atoms with Gasteiger partial charge >= 0.3 is 0 Å². The number of ether oxygens (including phenoxy) is 1. The summed E-state index contributed by atoms with van der Waals surface area (Å²) in [6.07, 6.45) is 6.89. The first-order valence-corrected chi connectivity index (χ1v) is 7.16. The summed E-state index contributed by atoms with van der Waals surface area (Å²) in [5.41, 5.74) is 0.474. The lowest BCUT2D eigenvalue weighted by Gasteiger charge is -2.39. The molecule has 0 spiro atoms. The summed E-state index contributed by atoms with van der Waals surface area (Å²) in [5, 5.41) is 0. The van der Waals surface area contributed by atoms with Crippen LogP contribution in [-0.4, -0.2) is 6.10 Å². The van der Waals surface area contributed by atoms with Gasteiger partial charge < -0.3 is 4.74 Å².